The molecule has 3 nitrogen and oxygen atoms in total. The van der Waals surface area contributed by atoms with Gasteiger partial charge in [0.1, 0.15) is 0 Å². The Morgan fingerprint density at radius 1 is 1.14 bits per heavy atom. The van der Waals surface area contributed by atoms with Gasteiger partial charge >= 0.3 is 0 Å². The fourth-order valence-electron chi connectivity index (χ4n) is 3.57. The van der Waals surface area contributed by atoms with Crippen LogP contribution in [0.4, 0.5) is 5.69 Å². The second-order valence-electron chi connectivity index (χ2n) is 7.02. The molecule has 22 heavy (non-hydrogen) atoms. The molecule has 2 N–H and O–H groups in total. The molecule has 2 rings (SSSR count). The molecule has 1 aliphatic carbocycles. The van der Waals surface area contributed by atoms with Gasteiger partial charge in [-0.1, -0.05) is 37.5 Å². The van der Waals surface area contributed by atoms with Gasteiger partial charge in [0.15, 0.2) is 0 Å². The lowest BCUT2D eigenvalue weighted by Gasteiger charge is -2.32. The van der Waals surface area contributed by atoms with E-state index in [1.165, 1.54) is 31.2 Å². The second-order valence-corrected chi connectivity index (χ2v) is 7.02. The van der Waals surface area contributed by atoms with Crippen molar-refractivity contribution >= 4 is 11.6 Å². The van der Waals surface area contributed by atoms with Crippen LogP contribution in [0.5, 0.6) is 0 Å². The van der Waals surface area contributed by atoms with E-state index in [0.717, 1.165) is 16.8 Å². The maximum absolute atomic E-state index is 12.5. The Balaban J connectivity index is 1.99. The van der Waals surface area contributed by atoms with Crippen molar-refractivity contribution in [1.29, 1.82) is 0 Å². The van der Waals surface area contributed by atoms with Gasteiger partial charge in [0.2, 0.25) is 5.91 Å². The molecule has 1 saturated carbocycles. The summed E-state index contributed by atoms with van der Waals surface area (Å²) in [6.07, 6.45) is 5.04. The average molecular weight is 302 g/mol. The van der Waals surface area contributed by atoms with Crippen molar-refractivity contribution < 1.29 is 4.79 Å². The molecule has 3 heteroatoms. The Bertz CT molecular complexity index is 515. The van der Waals surface area contributed by atoms with E-state index in [0.29, 0.717) is 12.0 Å². The Labute approximate surface area is 134 Å². The third-order valence-electron chi connectivity index (χ3n) is 4.89. The fourth-order valence-corrected chi connectivity index (χ4v) is 3.57. The highest BCUT2D eigenvalue weighted by molar-refractivity contribution is 5.96. The first kappa shape index (κ1) is 17.0. The van der Waals surface area contributed by atoms with Gasteiger partial charge in [-0.2, -0.15) is 0 Å². The van der Waals surface area contributed by atoms with E-state index in [-0.39, 0.29) is 11.9 Å². The van der Waals surface area contributed by atoms with E-state index in [9.17, 15) is 4.79 Å². The van der Waals surface area contributed by atoms with Crippen LogP contribution < -0.4 is 10.6 Å². The standard InChI is InChI=1S/C19H30N2O/c1-12-10-14(3)18(15(4)11-12)21-19(22)16(5)20-17-9-7-6-8-13(17)2/h10-11,13,16-17,20H,6-9H2,1-5H3,(H,21,22)/t13-,16-,17-/m0/s1. The number of benzene rings is 1. The molecular weight excluding hydrogens is 272 g/mol. The second kappa shape index (κ2) is 7.28. The lowest BCUT2D eigenvalue weighted by Crippen LogP contribution is -2.47. The van der Waals surface area contributed by atoms with Crippen LogP contribution in [0.1, 0.15) is 56.2 Å². The van der Waals surface area contributed by atoms with Crippen molar-refractivity contribution in [2.75, 3.05) is 5.32 Å². The summed E-state index contributed by atoms with van der Waals surface area (Å²) in [7, 11) is 0. The fraction of sp³-hybridized carbons (Fsp3) is 0.632. The van der Waals surface area contributed by atoms with E-state index in [1.54, 1.807) is 0 Å². The van der Waals surface area contributed by atoms with Crippen molar-refractivity contribution in [3.05, 3.63) is 28.8 Å². The van der Waals surface area contributed by atoms with Gasteiger partial charge in [0, 0.05) is 11.7 Å². The van der Waals surface area contributed by atoms with Gasteiger partial charge in [-0.05, 0) is 57.6 Å². The number of hydrogen-bond donors (Lipinski definition) is 2. The number of aryl methyl sites for hydroxylation is 3. The topological polar surface area (TPSA) is 41.1 Å². The Morgan fingerprint density at radius 3 is 2.32 bits per heavy atom. The molecule has 0 heterocycles. The number of anilines is 1. The number of hydrogen-bond acceptors (Lipinski definition) is 2. The van der Waals surface area contributed by atoms with Crippen LogP contribution in [0.15, 0.2) is 12.1 Å². The van der Waals surface area contributed by atoms with Crippen LogP contribution in [0.3, 0.4) is 0 Å². The lowest BCUT2D eigenvalue weighted by molar-refractivity contribution is -0.118. The van der Waals surface area contributed by atoms with Crippen LogP contribution in [0.2, 0.25) is 0 Å². The highest BCUT2D eigenvalue weighted by Crippen LogP contribution is 2.25. The van der Waals surface area contributed by atoms with E-state index in [4.69, 9.17) is 0 Å². The predicted molar refractivity (Wildman–Crippen MR) is 93.3 cm³/mol. The van der Waals surface area contributed by atoms with Gasteiger partial charge in [0.25, 0.3) is 0 Å². The molecule has 1 aliphatic rings. The molecule has 0 unspecified atom stereocenters. The third kappa shape index (κ3) is 4.10. The van der Waals surface area contributed by atoms with Crippen LogP contribution in [0.25, 0.3) is 0 Å². The first-order valence-corrected chi connectivity index (χ1v) is 8.53. The Kier molecular flexibility index (Phi) is 5.63. The van der Waals surface area contributed by atoms with Crippen molar-refractivity contribution in [3.63, 3.8) is 0 Å². The molecule has 1 fully saturated rings. The molecule has 0 bridgehead atoms. The largest absolute Gasteiger partial charge is 0.324 e. The van der Waals surface area contributed by atoms with Crippen molar-refractivity contribution in [2.45, 2.75) is 72.4 Å². The monoisotopic (exact) mass is 302 g/mol. The van der Waals surface area contributed by atoms with Gasteiger partial charge in [0.05, 0.1) is 6.04 Å². The van der Waals surface area contributed by atoms with Crippen LogP contribution in [-0.4, -0.2) is 18.0 Å². The SMILES string of the molecule is Cc1cc(C)c(NC(=O)[C@H](C)N[C@H]2CCCC[C@@H]2C)c(C)c1. The first-order chi connectivity index (χ1) is 10.4. The number of amides is 1. The summed E-state index contributed by atoms with van der Waals surface area (Å²) in [6, 6.07) is 4.54. The molecule has 122 valence electrons. The number of rotatable bonds is 4. The molecule has 1 aromatic rings. The van der Waals surface area contributed by atoms with E-state index in [1.807, 2.05) is 6.92 Å². The molecule has 1 amide bonds. The minimum Gasteiger partial charge on any atom is -0.324 e. The molecular formula is C19H30N2O. The first-order valence-electron chi connectivity index (χ1n) is 8.53. The maximum Gasteiger partial charge on any atom is 0.241 e. The van der Waals surface area contributed by atoms with E-state index >= 15 is 0 Å². The Hall–Kier alpha value is -1.35. The molecule has 0 radical (unpaired) electrons. The summed E-state index contributed by atoms with van der Waals surface area (Å²) in [6.45, 7) is 10.4. The zero-order chi connectivity index (χ0) is 16.3. The number of carbonyl (C=O) groups excluding carboxylic acids is 1. The minimum absolute atomic E-state index is 0.0628. The summed E-state index contributed by atoms with van der Waals surface area (Å²) in [5.41, 5.74) is 4.45. The normalized spacial score (nSPS) is 23.1. The molecule has 0 spiro atoms. The summed E-state index contributed by atoms with van der Waals surface area (Å²) in [5.74, 6) is 0.722. The molecule has 0 aliphatic heterocycles. The highest BCUT2D eigenvalue weighted by Gasteiger charge is 2.25. The Morgan fingerprint density at radius 2 is 1.73 bits per heavy atom. The smallest absolute Gasteiger partial charge is 0.241 e. The van der Waals surface area contributed by atoms with Gasteiger partial charge < -0.3 is 10.6 Å². The van der Waals surface area contributed by atoms with Gasteiger partial charge in [-0.15, -0.1) is 0 Å². The molecule has 0 saturated heterocycles. The van der Waals surface area contributed by atoms with E-state index in [2.05, 4.69) is 50.5 Å². The van der Waals surface area contributed by atoms with Crippen molar-refractivity contribution in [2.24, 2.45) is 5.92 Å². The molecule has 1 aromatic carbocycles. The number of nitrogens with one attached hydrogen (secondary N) is 2. The van der Waals surface area contributed by atoms with E-state index < -0.39 is 0 Å². The maximum atomic E-state index is 12.5. The zero-order valence-electron chi connectivity index (χ0n) is 14.6. The van der Waals surface area contributed by atoms with Gasteiger partial charge in [-0.3, -0.25) is 4.79 Å². The highest BCUT2D eigenvalue weighted by atomic mass is 16.2. The quantitative estimate of drug-likeness (QED) is 0.879. The van der Waals surface area contributed by atoms with Crippen LogP contribution >= 0.6 is 0 Å². The summed E-state index contributed by atoms with van der Waals surface area (Å²) in [4.78, 5) is 12.5. The van der Waals surface area contributed by atoms with Crippen molar-refractivity contribution in [1.82, 2.24) is 5.32 Å². The predicted octanol–water partition coefficient (Wildman–Crippen LogP) is 4.11. The summed E-state index contributed by atoms with van der Waals surface area (Å²) in [5, 5.41) is 6.64. The van der Waals surface area contributed by atoms with Crippen LogP contribution in [0, 0.1) is 26.7 Å². The average Bonchev–Trinajstić information content (AvgIpc) is 2.45. The summed E-state index contributed by atoms with van der Waals surface area (Å²) < 4.78 is 0. The molecule has 3 atom stereocenters. The van der Waals surface area contributed by atoms with Gasteiger partial charge in [-0.25, -0.2) is 0 Å². The number of carbonyl (C=O) groups is 1. The zero-order valence-corrected chi connectivity index (χ0v) is 14.6. The van der Waals surface area contributed by atoms with Crippen molar-refractivity contribution in [3.8, 4) is 0 Å². The molecule has 0 aromatic heterocycles. The van der Waals surface area contributed by atoms with Crippen LogP contribution in [-0.2, 0) is 4.79 Å². The third-order valence-corrected chi connectivity index (χ3v) is 4.89. The minimum atomic E-state index is -0.161. The lowest BCUT2D eigenvalue weighted by atomic mass is 9.85. The summed E-state index contributed by atoms with van der Waals surface area (Å²) >= 11 is 0.